The Balaban J connectivity index is 1.57. The van der Waals surface area contributed by atoms with Crippen molar-refractivity contribution in [1.29, 1.82) is 0 Å². The Bertz CT molecular complexity index is 482. The van der Waals surface area contributed by atoms with Gasteiger partial charge in [0, 0.05) is 18.5 Å². The maximum absolute atomic E-state index is 14.0. The Hall–Kier alpha value is -1.09. The SMILES string of the molecule is Fc1cccc2c1OC(N(C1CCC1)C1CCC1)CC2. The Morgan fingerprint density at radius 1 is 1.00 bits per heavy atom. The molecule has 3 aliphatic rings. The molecule has 1 heterocycles. The van der Waals surface area contributed by atoms with E-state index in [9.17, 15) is 4.39 Å². The first-order chi connectivity index (χ1) is 9.83. The molecule has 20 heavy (non-hydrogen) atoms. The molecule has 0 N–H and O–H groups in total. The Morgan fingerprint density at radius 3 is 2.30 bits per heavy atom. The van der Waals surface area contributed by atoms with Gasteiger partial charge in [-0.05, 0) is 43.7 Å². The maximum atomic E-state index is 14.0. The maximum Gasteiger partial charge on any atom is 0.165 e. The summed E-state index contributed by atoms with van der Waals surface area (Å²) < 4.78 is 20.0. The molecule has 0 bridgehead atoms. The normalized spacial score (nSPS) is 26.6. The summed E-state index contributed by atoms with van der Waals surface area (Å²) in [5, 5.41) is 0. The van der Waals surface area contributed by atoms with Crippen molar-refractivity contribution in [2.75, 3.05) is 0 Å². The van der Waals surface area contributed by atoms with E-state index >= 15 is 0 Å². The molecule has 1 aliphatic heterocycles. The lowest BCUT2D eigenvalue weighted by molar-refractivity contribution is -0.0878. The largest absolute Gasteiger partial charge is 0.472 e. The van der Waals surface area contributed by atoms with Crippen LogP contribution < -0.4 is 4.74 Å². The zero-order valence-corrected chi connectivity index (χ0v) is 11.9. The lowest BCUT2D eigenvalue weighted by Crippen LogP contribution is -2.57. The molecule has 2 fully saturated rings. The van der Waals surface area contributed by atoms with Gasteiger partial charge in [0.05, 0.1) is 0 Å². The van der Waals surface area contributed by atoms with E-state index in [1.165, 1.54) is 44.6 Å². The molecule has 3 heteroatoms. The van der Waals surface area contributed by atoms with Crippen molar-refractivity contribution in [1.82, 2.24) is 4.90 Å². The predicted molar refractivity (Wildman–Crippen MR) is 76.3 cm³/mol. The molecule has 1 aromatic carbocycles. The number of hydrogen-bond acceptors (Lipinski definition) is 2. The van der Waals surface area contributed by atoms with Crippen molar-refractivity contribution < 1.29 is 9.13 Å². The number of rotatable bonds is 3. The van der Waals surface area contributed by atoms with Gasteiger partial charge in [-0.15, -0.1) is 0 Å². The van der Waals surface area contributed by atoms with Gasteiger partial charge in [-0.25, -0.2) is 4.39 Å². The Morgan fingerprint density at radius 2 is 1.70 bits per heavy atom. The van der Waals surface area contributed by atoms with Crippen LogP contribution in [0.4, 0.5) is 4.39 Å². The summed E-state index contributed by atoms with van der Waals surface area (Å²) in [6.07, 6.45) is 9.88. The molecule has 0 saturated heterocycles. The fourth-order valence-electron chi connectivity index (χ4n) is 3.70. The molecule has 2 saturated carbocycles. The van der Waals surface area contributed by atoms with Crippen LogP contribution >= 0.6 is 0 Å². The Labute approximate surface area is 119 Å². The van der Waals surface area contributed by atoms with E-state index < -0.39 is 0 Å². The van der Waals surface area contributed by atoms with Crippen LogP contribution in [0.5, 0.6) is 5.75 Å². The molecule has 108 valence electrons. The van der Waals surface area contributed by atoms with Crippen LogP contribution in [0.3, 0.4) is 0 Å². The molecular weight excluding hydrogens is 253 g/mol. The minimum Gasteiger partial charge on any atom is -0.472 e. The lowest BCUT2D eigenvalue weighted by atomic mass is 9.83. The minimum atomic E-state index is -0.200. The molecule has 0 spiro atoms. The van der Waals surface area contributed by atoms with E-state index in [1.807, 2.05) is 6.07 Å². The van der Waals surface area contributed by atoms with Gasteiger partial charge in [0.25, 0.3) is 0 Å². The molecule has 2 aliphatic carbocycles. The molecule has 2 nitrogen and oxygen atoms in total. The monoisotopic (exact) mass is 275 g/mol. The third kappa shape index (κ3) is 2.03. The fourth-order valence-corrected chi connectivity index (χ4v) is 3.70. The van der Waals surface area contributed by atoms with Gasteiger partial charge < -0.3 is 4.74 Å². The molecule has 0 aromatic heterocycles. The van der Waals surface area contributed by atoms with E-state index in [2.05, 4.69) is 4.90 Å². The quantitative estimate of drug-likeness (QED) is 0.830. The number of para-hydroxylation sites is 1. The second-order valence-electron chi connectivity index (χ2n) is 6.46. The van der Waals surface area contributed by atoms with Gasteiger partial charge in [0.2, 0.25) is 0 Å². The molecule has 1 aromatic rings. The standard InChI is InChI=1S/C17H22FNO/c18-15-9-1-4-12-10-11-16(20-17(12)15)19(13-5-2-6-13)14-7-3-8-14/h1,4,9,13-14,16H,2-3,5-8,10-11H2. The zero-order chi connectivity index (χ0) is 13.5. The van der Waals surface area contributed by atoms with Crippen LogP contribution in [0.15, 0.2) is 18.2 Å². The molecule has 1 unspecified atom stereocenters. The predicted octanol–water partition coefficient (Wildman–Crippen LogP) is 3.88. The van der Waals surface area contributed by atoms with E-state index in [-0.39, 0.29) is 12.0 Å². The van der Waals surface area contributed by atoms with Crippen LogP contribution in [0, 0.1) is 5.82 Å². The number of nitrogens with zero attached hydrogens (tertiary/aromatic N) is 1. The molecule has 1 atom stereocenters. The van der Waals surface area contributed by atoms with Crippen LogP contribution in [0.2, 0.25) is 0 Å². The van der Waals surface area contributed by atoms with Crippen molar-refractivity contribution in [3.63, 3.8) is 0 Å². The van der Waals surface area contributed by atoms with Gasteiger partial charge >= 0.3 is 0 Å². The van der Waals surface area contributed by atoms with Crippen LogP contribution in [-0.2, 0) is 6.42 Å². The Kier molecular flexibility index (Phi) is 3.18. The summed E-state index contributed by atoms with van der Waals surface area (Å²) >= 11 is 0. The van der Waals surface area contributed by atoms with Crippen LogP contribution in [0.1, 0.15) is 50.5 Å². The summed E-state index contributed by atoms with van der Waals surface area (Å²) in [7, 11) is 0. The summed E-state index contributed by atoms with van der Waals surface area (Å²) in [6, 6.07) is 6.65. The van der Waals surface area contributed by atoms with Crippen molar-refractivity contribution in [3.05, 3.63) is 29.6 Å². The van der Waals surface area contributed by atoms with Crippen LogP contribution in [0.25, 0.3) is 0 Å². The summed E-state index contributed by atoms with van der Waals surface area (Å²) in [4.78, 5) is 2.59. The number of benzene rings is 1. The van der Waals surface area contributed by atoms with E-state index in [4.69, 9.17) is 4.74 Å². The first-order valence-electron chi connectivity index (χ1n) is 8.04. The number of halogens is 1. The first-order valence-corrected chi connectivity index (χ1v) is 8.04. The van der Waals surface area contributed by atoms with Gasteiger partial charge in [-0.2, -0.15) is 0 Å². The lowest BCUT2D eigenvalue weighted by Gasteiger charge is -2.50. The number of hydrogen-bond donors (Lipinski definition) is 0. The van der Waals surface area contributed by atoms with Gasteiger partial charge in [-0.1, -0.05) is 25.0 Å². The molecule has 0 radical (unpaired) electrons. The number of aryl methyl sites for hydroxylation is 1. The van der Waals surface area contributed by atoms with Crippen molar-refractivity contribution in [2.45, 2.75) is 69.7 Å². The van der Waals surface area contributed by atoms with E-state index in [1.54, 1.807) is 6.07 Å². The van der Waals surface area contributed by atoms with Crippen molar-refractivity contribution in [3.8, 4) is 5.75 Å². The second kappa shape index (κ2) is 5.03. The summed E-state index contributed by atoms with van der Waals surface area (Å²) in [5.41, 5.74) is 1.03. The second-order valence-corrected chi connectivity index (χ2v) is 6.46. The fraction of sp³-hybridized carbons (Fsp3) is 0.647. The highest BCUT2D eigenvalue weighted by Gasteiger charge is 2.40. The van der Waals surface area contributed by atoms with Crippen molar-refractivity contribution >= 4 is 0 Å². The van der Waals surface area contributed by atoms with Gasteiger partial charge in [-0.3, -0.25) is 4.90 Å². The average molecular weight is 275 g/mol. The number of ether oxygens (including phenoxy) is 1. The smallest absolute Gasteiger partial charge is 0.165 e. The third-order valence-electron chi connectivity index (χ3n) is 5.29. The topological polar surface area (TPSA) is 12.5 Å². The van der Waals surface area contributed by atoms with Gasteiger partial charge in [0.15, 0.2) is 17.8 Å². The minimum absolute atomic E-state index is 0.0926. The number of fused-ring (bicyclic) bond motifs is 1. The van der Waals surface area contributed by atoms with Gasteiger partial charge in [0.1, 0.15) is 0 Å². The van der Waals surface area contributed by atoms with Crippen molar-refractivity contribution in [2.24, 2.45) is 0 Å². The summed E-state index contributed by atoms with van der Waals surface area (Å²) in [5.74, 6) is 0.307. The highest BCUT2D eigenvalue weighted by atomic mass is 19.1. The molecule has 4 rings (SSSR count). The van der Waals surface area contributed by atoms with Crippen LogP contribution in [-0.4, -0.2) is 23.2 Å². The summed E-state index contributed by atoms with van der Waals surface area (Å²) in [6.45, 7) is 0. The molecular formula is C17H22FNO. The molecule has 0 amide bonds. The average Bonchev–Trinajstić information content (AvgIpc) is 2.34. The highest BCUT2D eigenvalue weighted by Crippen LogP contribution is 2.39. The highest BCUT2D eigenvalue weighted by molar-refractivity contribution is 5.36. The van der Waals surface area contributed by atoms with E-state index in [0.29, 0.717) is 17.8 Å². The first kappa shape index (κ1) is 12.6. The van der Waals surface area contributed by atoms with E-state index in [0.717, 1.165) is 18.4 Å². The zero-order valence-electron chi connectivity index (χ0n) is 11.9. The third-order valence-corrected chi connectivity index (χ3v) is 5.29.